The second-order valence-electron chi connectivity index (χ2n) is 7.14. The molecule has 0 spiro atoms. The van der Waals surface area contributed by atoms with Crippen LogP contribution in [0.5, 0.6) is 11.5 Å². The number of benzene rings is 4. The summed E-state index contributed by atoms with van der Waals surface area (Å²) in [6.45, 7) is 2.45. The summed E-state index contributed by atoms with van der Waals surface area (Å²) in [5, 5.41) is 24.5. The van der Waals surface area contributed by atoms with Crippen molar-refractivity contribution >= 4 is 34.0 Å². The fourth-order valence-electron chi connectivity index (χ4n) is 3.26. The molecule has 0 amide bonds. The monoisotopic (exact) mass is 382 g/mol. The van der Waals surface area contributed by atoms with E-state index in [0.29, 0.717) is 17.7 Å². The summed E-state index contributed by atoms with van der Waals surface area (Å²) in [6.07, 6.45) is 3.37. The van der Waals surface area contributed by atoms with Crippen molar-refractivity contribution in [2.75, 3.05) is 6.54 Å². The Morgan fingerprint density at radius 2 is 1.17 bits per heavy atom. The van der Waals surface area contributed by atoms with E-state index >= 15 is 0 Å². The van der Waals surface area contributed by atoms with Crippen molar-refractivity contribution < 1.29 is 10.2 Å². The predicted molar refractivity (Wildman–Crippen MR) is 121 cm³/mol. The van der Waals surface area contributed by atoms with Gasteiger partial charge in [-0.2, -0.15) is 0 Å². The second kappa shape index (κ2) is 8.15. The summed E-state index contributed by atoms with van der Waals surface area (Å²) in [6, 6.07) is 23.1. The number of nitrogens with zero attached hydrogens (tertiary/aromatic N) is 2. The molecule has 2 N–H and O–H groups in total. The van der Waals surface area contributed by atoms with Crippen LogP contribution in [0.25, 0.3) is 21.5 Å². The molecule has 4 aromatic carbocycles. The van der Waals surface area contributed by atoms with E-state index in [1.807, 2.05) is 67.6 Å². The fourth-order valence-corrected chi connectivity index (χ4v) is 3.26. The third kappa shape index (κ3) is 4.27. The van der Waals surface area contributed by atoms with Gasteiger partial charge in [0.2, 0.25) is 0 Å². The molecule has 4 rings (SSSR count). The first-order valence-electron chi connectivity index (χ1n) is 9.57. The molecule has 0 aromatic heterocycles. The summed E-state index contributed by atoms with van der Waals surface area (Å²) in [5.74, 6) is 0.425. The number of aliphatic imine (C=N–C) groups is 2. The summed E-state index contributed by atoms with van der Waals surface area (Å²) in [5.41, 5.74) is 1.37. The van der Waals surface area contributed by atoms with E-state index in [1.54, 1.807) is 24.6 Å². The van der Waals surface area contributed by atoms with Crippen LogP contribution in [0.4, 0.5) is 0 Å². The highest BCUT2D eigenvalue weighted by Crippen LogP contribution is 2.24. The summed E-state index contributed by atoms with van der Waals surface area (Å²) >= 11 is 0. The van der Waals surface area contributed by atoms with Gasteiger partial charge in [0.15, 0.2) is 0 Å². The molecule has 0 radical (unpaired) electrons. The minimum Gasteiger partial charge on any atom is -0.507 e. The van der Waals surface area contributed by atoms with Gasteiger partial charge in [-0.15, -0.1) is 0 Å². The van der Waals surface area contributed by atoms with Crippen molar-refractivity contribution in [1.29, 1.82) is 0 Å². The predicted octanol–water partition coefficient (Wildman–Crippen LogP) is 5.33. The molecule has 0 fully saturated rings. The lowest BCUT2D eigenvalue weighted by Gasteiger charge is -2.05. The van der Waals surface area contributed by atoms with Crippen molar-refractivity contribution in [2.24, 2.45) is 9.98 Å². The maximum Gasteiger partial charge on any atom is 0.124 e. The molecule has 4 heteroatoms. The van der Waals surface area contributed by atoms with E-state index in [4.69, 9.17) is 0 Å². The van der Waals surface area contributed by atoms with Gasteiger partial charge in [0.05, 0.1) is 12.6 Å². The first kappa shape index (κ1) is 18.7. The first-order chi connectivity index (χ1) is 14.1. The van der Waals surface area contributed by atoms with Crippen molar-refractivity contribution in [1.82, 2.24) is 0 Å². The lowest BCUT2D eigenvalue weighted by Crippen LogP contribution is -2.04. The highest BCUT2D eigenvalue weighted by molar-refractivity contribution is 5.94. The van der Waals surface area contributed by atoms with Crippen LogP contribution < -0.4 is 0 Å². The quantitative estimate of drug-likeness (QED) is 0.458. The number of fused-ring (bicyclic) bond motifs is 2. The smallest absolute Gasteiger partial charge is 0.124 e. The zero-order valence-electron chi connectivity index (χ0n) is 16.2. The summed E-state index contributed by atoms with van der Waals surface area (Å²) < 4.78 is 0. The maximum atomic E-state index is 10.2. The number of phenolic OH excluding ortho intramolecular Hbond substituents is 2. The topological polar surface area (TPSA) is 65.2 Å². The maximum absolute atomic E-state index is 10.2. The Labute approximate surface area is 169 Å². The first-order valence-corrected chi connectivity index (χ1v) is 9.57. The molecule has 0 aliphatic rings. The SMILES string of the molecule is CC(CN=Cc1cc2ccccc2cc1O)N=Cc1cc2ccccc2cc1O. The third-order valence-corrected chi connectivity index (χ3v) is 4.86. The average molecular weight is 382 g/mol. The van der Waals surface area contributed by atoms with E-state index in [-0.39, 0.29) is 17.5 Å². The molecule has 0 aliphatic carbocycles. The highest BCUT2D eigenvalue weighted by atomic mass is 16.3. The molecule has 29 heavy (non-hydrogen) atoms. The Hall–Kier alpha value is -3.66. The second-order valence-corrected chi connectivity index (χ2v) is 7.14. The van der Waals surface area contributed by atoms with Gasteiger partial charge in [-0.25, -0.2) is 0 Å². The van der Waals surface area contributed by atoms with E-state index in [0.717, 1.165) is 21.5 Å². The number of hydrogen-bond donors (Lipinski definition) is 2. The molecule has 144 valence electrons. The largest absolute Gasteiger partial charge is 0.507 e. The van der Waals surface area contributed by atoms with E-state index in [2.05, 4.69) is 9.98 Å². The number of hydrogen-bond acceptors (Lipinski definition) is 4. The standard InChI is InChI=1S/C25H22N2O2/c1-17(27-16-23-11-19-7-3-5-9-21(19)13-25(23)29)14-26-15-22-10-18-6-2-4-8-20(18)12-24(22)28/h2-13,15-17,28-29H,14H2,1H3. The molecule has 0 aliphatic heterocycles. The zero-order chi connectivity index (χ0) is 20.2. The van der Waals surface area contributed by atoms with Gasteiger partial charge in [0.25, 0.3) is 0 Å². The average Bonchev–Trinajstić information content (AvgIpc) is 2.72. The van der Waals surface area contributed by atoms with Crippen molar-refractivity contribution in [3.63, 3.8) is 0 Å². The van der Waals surface area contributed by atoms with Gasteiger partial charge in [-0.3, -0.25) is 9.98 Å². The Kier molecular flexibility index (Phi) is 5.25. The van der Waals surface area contributed by atoms with Gasteiger partial charge >= 0.3 is 0 Å². The van der Waals surface area contributed by atoms with Crippen LogP contribution in [-0.2, 0) is 0 Å². The highest BCUT2D eigenvalue weighted by Gasteiger charge is 2.04. The Morgan fingerprint density at radius 1 is 0.724 bits per heavy atom. The molecule has 0 bridgehead atoms. The lowest BCUT2D eigenvalue weighted by molar-refractivity contribution is 0.474. The number of phenols is 2. The third-order valence-electron chi connectivity index (χ3n) is 4.86. The minimum absolute atomic E-state index is 0.0558. The van der Waals surface area contributed by atoms with Crippen LogP contribution in [0.2, 0.25) is 0 Å². The molecular formula is C25H22N2O2. The molecule has 0 saturated carbocycles. The molecule has 1 atom stereocenters. The lowest BCUT2D eigenvalue weighted by atomic mass is 10.1. The van der Waals surface area contributed by atoms with Crippen LogP contribution in [0.15, 0.2) is 82.8 Å². The number of rotatable bonds is 5. The zero-order valence-corrected chi connectivity index (χ0v) is 16.2. The molecule has 0 saturated heterocycles. The Balaban J connectivity index is 1.45. The van der Waals surface area contributed by atoms with Gasteiger partial charge < -0.3 is 10.2 Å². The van der Waals surface area contributed by atoms with E-state index in [9.17, 15) is 10.2 Å². The molecular weight excluding hydrogens is 360 g/mol. The van der Waals surface area contributed by atoms with Crippen LogP contribution >= 0.6 is 0 Å². The Bertz CT molecular complexity index is 1230. The van der Waals surface area contributed by atoms with Crippen LogP contribution in [0.1, 0.15) is 18.1 Å². The van der Waals surface area contributed by atoms with Crippen molar-refractivity contribution in [2.45, 2.75) is 13.0 Å². The van der Waals surface area contributed by atoms with Gasteiger partial charge in [-0.1, -0.05) is 48.5 Å². The number of aromatic hydroxyl groups is 2. The fraction of sp³-hybridized carbons (Fsp3) is 0.120. The van der Waals surface area contributed by atoms with Gasteiger partial charge in [0, 0.05) is 23.6 Å². The van der Waals surface area contributed by atoms with Crippen molar-refractivity contribution in [3.8, 4) is 11.5 Å². The van der Waals surface area contributed by atoms with Crippen LogP contribution in [0, 0.1) is 0 Å². The molecule has 0 heterocycles. The minimum atomic E-state index is -0.0558. The van der Waals surface area contributed by atoms with Crippen LogP contribution in [-0.4, -0.2) is 35.2 Å². The normalized spacial score (nSPS) is 13.0. The van der Waals surface area contributed by atoms with Crippen LogP contribution in [0.3, 0.4) is 0 Å². The molecule has 1 unspecified atom stereocenters. The summed E-state index contributed by atoms with van der Waals surface area (Å²) in [7, 11) is 0. The Morgan fingerprint density at radius 3 is 1.69 bits per heavy atom. The molecule has 4 nitrogen and oxygen atoms in total. The van der Waals surface area contributed by atoms with Gasteiger partial charge in [-0.05, 0) is 52.7 Å². The molecule has 4 aromatic rings. The van der Waals surface area contributed by atoms with Crippen molar-refractivity contribution in [3.05, 3.63) is 83.9 Å². The van der Waals surface area contributed by atoms with E-state index in [1.165, 1.54) is 0 Å². The van der Waals surface area contributed by atoms with E-state index < -0.39 is 0 Å². The van der Waals surface area contributed by atoms with Gasteiger partial charge in [0.1, 0.15) is 11.5 Å². The summed E-state index contributed by atoms with van der Waals surface area (Å²) in [4.78, 5) is 8.94.